The minimum absolute atomic E-state index is 0.157. The van der Waals surface area contributed by atoms with Gasteiger partial charge in [0.05, 0.1) is 4.92 Å². The first-order valence-corrected chi connectivity index (χ1v) is 5.92. The zero-order valence-corrected chi connectivity index (χ0v) is 10.2. The number of benzene rings is 1. The van der Waals surface area contributed by atoms with Crippen LogP contribution in [-0.2, 0) is 6.42 Å². The summed E-state index contributed by atoms with van der Waals surface area (Å²) in [7, 11) is 0. The molecule has 3 nitrogen and oxygen atoms in total. The molecule has 1 aromatic carbocycles. The van der Waals surface area contributed by atoms with E-state index in [-0.39, 0.29) is 10.6 Å². The number of non-ortho nitro benzene ring substituents is 1. The minimum Gasteiger partial charge on any atom is -0.258 e. The van der Waals surface area contributed by atoms with E-state index in [0.29, 0.717) is 4.83 Å². The maximum Gasteiger partial charge on any atom is 0.269 e. The Bertz CT molecular complexity index is 324. The molecule has 0 saturated carbocycles. The highest BCUT2D eigenvalue weighted by atomic mass is 79.9. The Morgan fingerprint density at radius 3 is 2.47 bits per heavy atom. The summed E-state index contributed by atoms with van der Waals surface area (Å²) in [6.07, 6.45) is 3.13. The Kier molecular flexibility index (Phi) is 4.75. The largest absolute Gasteiger partial charge is 0.269 e. The molecule has 0 heterocycles. The van der Waals surface area contributed by atoms with Crippen molar-refractivity contribution < 1.29 is 4.92 Å². The molecule has 0 aliphatic carbocycles. The van der Waals surface area contributed by atoms with Gasteiger partial charge in [-0.15, -0.1) is 0 Å². The normalized spacial score (nSPS) is 12.4. The number of hydrogen-bond donors (Lipinski definition) is 0. The SMILES string of the molecule is CCC(Br)CCc1ccc([N+](=O)[O-])cc1. The number of halogens is 1. The van der Waals surface area contributed by atoms with Gasteiger partial charge in [-0.25, -0.2) is 0 Å². The standard InChI is InChI=1S/C11H14BrNO2/c1-2-10(12)6-3-9-4-7-11(8-5-9)13(14)15/h4-5,7-8,10H,2-3,6H2,1H3. The molecule has 1 unspecified atom stereocenters. The molecule has 82 valence electrons. The molecule has 0 amide bonds. The van der Waals surface area contributed by atoms with Crippen LogP contribution in [0.2, 0.25) is 0 Å². The van der Waals surface area contributed by atoms with E-state index in [9.17, 15) is 10.1 Å². The molecule has 1 aromatic rings. The van der Waals surface area contributed by atoms with Crippen molar-refractivity contribution in [3.63, 3.8) is 0 Å². The number of nitro benzene ring substituents is 1. The third-order valence-corrected chi connectivity index (χ3v) is 3.44. The fourth-order valence-electron chi connectivity index (χ4n) is 1.31. The van der Waals surface area contributed by atoms with Crippen molar-refractivity contribution in [1.29, 1.82) is 0 Å². The van der Waals surface area contributed by atoms with Gasteiger partial charge < -0.3 is 0 Å². The number of hydrogen-bond acceptors (Lipinski definition) is 2. The smallest absolute Gasteiger partial charge is 0.258 e. The molecule has 15 heavy (non-hydrogen) atoms. The summed E-state index contributed by atoms with van der Waals surface area (Å²) in [4.78, 5) is 10.6. The molecular formula is C11H14BrNO2. The topological polar surface area (TPSA) is 43.1 Å². The summed E-state index contributed by atoms with van der Waals surface area (Å²) in [5.41, 5.74) is 1.31. The molecule has 0 radical (unpaired) electrons. The zero-order chi connectivity index (χ0) is 11.3. The zero-order valence-electron chi connectivity index (χ0n) is 8.65. The molecule has 1 atom stereocenters. The van der Waals surface area contributed by atoms with Gasteiger partial charge in [-0.1, -0.05) is 35.0 Å². The molecular weight excluding hydrogens is 258 g/mol. The summed E-state index contributed by atoms with van der Waals surface area (Å²) in [5, 5.41) is 10.4. The van der Waals surface area contributed by atoms with Crippen LogP contribution < -0.4 is 0 Å². The van der Waals surface area contributed by atoms with Gasteiger partial charge in [0.2, 0.25) is 0 Å². The molecule has 0 spiro atoms. The first kappa shape index (κ1) is 12.2. The average molecular weight is 272 g/mol. The molecule has 1 rings (SSSR count). The Morgan fingerprint density at radius 1 is 1.40 bits per heavy atom. The van der Waals surface area contributed by atoms with E-state index in [1.54, 1.807) is 12.1 Å². The van der Waals surface area contributed by atoms with Crippen molar-refractivity contribution in [2.45, 2.75) is 31.0 Å². The summed E-state index contributed by atoms with van der Waals surface area (Å²) in [6.45, 7) is 2.13. The molecule has 0 aliphatic rings. The number of aryl methyl sites for hydroxylation is 1. The minimum atomic E-state index is -0.372. The highest BCUT2D eigenvalue weighted by molar-refractivity contribution is 9.09. The summed E-state index contributed by atoms with van der Waals surface area (Å²) in [5.74, 6) is 0. The van der Waals surface area contributed by atoms with E-state index in [1.807, 2.05) is 12.1 Å². The van der Waals surface area contributed by atoms with Crippen LogP contribution >= 0.6 is 15.9 Å². The van der Waals surface area contributed by atoms with Crippen molar-refractivity contribution in [1.82, 2.24) is 0 Å². The van der Waals surface area contributed by atoms with Crippen LogP contribution in [0.3, 0.4) is 0 Å². The molecule has 0 aliphatic heterocycles. The molecule has 4 heteroatoms. The second-order valence-corrected chi connectivity index (χ2v) is 4.76. The third kappa shape index (κ3) is 4.00. The van der Waals surface area contributed by atoms with Crippen molar-refractivity contribution in [2.75, 3.05) is 0 Å². The van der Waals surface area contributed by atoms with Gasteiger partial charge in [0.15, 0.2) is 0 Å². The molecule has 0 aromatic heterocycles. The van der Waals surface area contributed by atoms with E-state index < -0.39 is 0 Å². The van der Waals surface area contributed by atoms with Gasteiger partial charge in [0, 0.05) is 17.0 Å². The van der Waals surface area contributed by atoms with E-state index in [0.717, 1.165) is 24.8 Å². The Balaban J connectivity index is 2.53. The van der Waals surface area contributed by atoms with Gasteiger partial charge in [-0.3, -0.25) is 10.1 Å². The number of alkyl halides is 1. The van der Waals surface area contributed by atoms with E-state index in [4.69, 9.17) is 0 Å². The van der Waals surface area contributed by atoms with Crippen molar-refractivity contribution >= 4 is 21.6 Å². The van der Waals surface area contributed by atoms with E-state index in [2.05, 4.69) is 22.9 Å². The fourth-order valence-corrected chi connectivity index (χ4v) is 1.54. The monoisotopic (exact) mass is 271 g/mol. The van der Waals surface area contributed by atoms with E-state index in [1.165, 1.54) is 0 Å². The Morgan fingerprint density at radius 2 is 2.00 bits per heavy atom. The number of nitrogens with zero attached hydrogens (tertiary/aromatic N) is 1. The van der Waals surface area contributed by atoms with Crippen LogP contribution in [0.25, 0.3) is 0 Å². The molecule has 0 fully saturated rings. The van der Waals surface area contributed by atoms with Crippen molar-refractivity contribution in [3.8, 4) is 0 Å². The van der Waals surface area contributed by atoms with Crippen LogP contribution in [0.5, 0.6) is 0 Å². The van der Waals surface area contributed by atoms with Crippen LogP contribution in [0.15, 0.2) is 24.3 Å². The number of nitro groups is 1. The lowest BCUT2D eigenvalue weighted by atomic mass is 10.1. The second kappa shape index (κ2) is 5.85. The average Bonchev–Trinajstić information content (AvgIpc) is 2.26. The quantitative estimate of drug-likeness (QED) is 0.466. The lowest BCUT2D eigenvalue weighted by Crippen LogP contribution is -1.98. The van der Waals surface area contributed by atoms with Gasteiger partial charge in [0.25, 0.3) is 5.69 Å². The Labute approximate surface area is 97.8 Å². The predicted octanol–water partition coefficient (Wildman–Crippen LogP) is 3.70. The van der Waals surface area contributed by atoms with Crippen LogP contribution in [0.4, 0.5) is 5.69 Å². The summed E-state index contributed by atoms with van der Waals surface area (Å²) in [6, 6.07) is 6.77. The maximum atomic E-state index is 10.4. The lowest BCUT2D eigenvalue weighted by molar-refractivity contribution is -0.384. The summed E-state index contributed by atoms with van der Waals surface area (Å²) >= 11 is 3.56. The Hall–Kier alpha value is -0.900. The summed E-state index contributed by atoms with van der Waals surface area (Å²) < 4.78 is 0. The predicted molar refractivity (Wildman–Crippen MR) is 64.4 cm³/mol. The van der Waals surface area contributed by atoms with Gasteiger partial charge >= 0.3 is 0 Å². The first-order chi connectivity index (χ1) is 7.13. The van der Waals surface area contributed by atoms with Gasteiger partial charge in [0.1, 0.15) is 0 Å². The lowest BCUT2D eigenvalue weighted by Gasteiger charge is -2.05. The molecule has 0 saturated heterocycles. The maximum absolute atomic E-state index is 10.4. The fraction of sp³-hybridized carbons (Fsp3) is 0.455. The molecule has 0 bridgehead atoms. The third-order valence-electron chi connectivity index (χ3n) is 2.34. The highest BCUT2D eigenvalue weighted by Gasteiger charge is 2.05. The van der Waals surface area contributed by atoms with Crippen LogP contribution in [0, 0.1) is 10.1 Å². The van der Waals surface area contributed by atoms with Crippen molar-refractivity contribution in [2.24, 2.45) is 0 Å². The molecule has 0 N–H and O–H groups in total. The van der Waals surface area contributed by atoms with Gasteiger partial charge in [-0.2, -0.15) is 0 Å². The van der Waals surface area contributed by atoms with Crippen LogP contribution in [0.1, 0.15) is 25.3 Å². The second-order valence-electron chi connectivity index (χ2n) is 3.47. The van der Waals surface area contributed by atoms with E-state index >= 15 is 0 Å². The van der Waals surface area contributed by atoms with Gasteiger partial charge in [-0.05, 0) is 24.8 Å². The van der Waals surface area contributed by atoms with Crippen molar-refractivity contribution in [3.05, 3.63) is 39.9 Å². The van der Waals surface area contributed by atoms with Crippen LogP contribution in [-0.4, -0.2) is 9.75 Å². The number of rotatable bonds is 5. The first-order valence-electron chi connectivity index (χ1n) is 5.01. The highest BCUT2D eigenvalue weighted by Crippen LogP contribution is 2.16.